The third-order valence-corrected chi connectivity index (χ3v) is 4.11. The van der Waals surface area contributed by atoms with Gasteiger partial charge in [-0.1, -0.05) is 32.0 Å². The van der Waals surface area contributed by atoms with Crippen molar-refractivity contribution in [3.63, 3.8) is 0 Å². The van der Waals surface area contributed by atoms with Crippen molar-refractivity contribution in [2.45, 2.75) is 26.2 Å². The van der Waals surface area contributed by atoms with Crippen LogP contribution in [0.2, 0.25) is 0 Å². The molecule has 2 rings (SSSR count). The Hall–Kier alpha value is -3.02. The predicted molar refractivity (Wildman–Crippen MR) is 106 cm³/mol. The number of ether oxygens (including phenoxy) is 2. The topological polar surface area (TPSA) is 76.7 Å². The predicted octanol–water partition coefficient (Wildman–Crippen LogP) is 3.59. The van der Waals surface area contributed by atoms with Gasteiger partial charge in [-0.15, -0.1) is 0 Å². The van der Waals surface area contributed by atoms with Crippen molar-refractivity contribution >= 4 is 17.5 Å². The van der Waals surface area contributed by atoms with Gasteiger partial charge in [0.25, 0.3) is 5.91 Å². The molecule has 2 N–H and O–H groups in total. The fourth-order valence-electron chi connectivity index (χ4n) is 2.66. The van der Waals surface area contributed by atoms with Crippen LogP contribution in [0.5, 0.6) is 11.5 Å². The molecule has 0 aliphatic rings. The van der Waals surface area contributed by atoms with Crippen LogP contribution in [0.3, 0.4) is 0 Å². The van der Waals surface area contributed by atoms with Gasteiger partial charge in [0.05, 0.1) is 14.2 Å². The van der Waals surface area contributed by atoms with Crippen molar-refractivity contribution in [2.75, 3.05) is 26.1 Å². The van der Waals surface area contributed by atoms with Crippen LogP contribution in [-0.2, 0) is 4.79 Å². The van der Waals surface area contributed by atoms with Crippen molar-refractivity contribution in [1.82, 2.24) is 5.32 Å². The molecule has 0 bridgehead atoms. The molecular formula is C21H26N2O4. The maximum atomic E-state index is 12.3. The molecule has 0 unspecified atom stereocenters. The number of rotatable bonds is 8. The van der Waals surface area contributed by atoms with E-state index >= 15 is 0 Å². The number of nitrogens with one attached hydrogen (secondary N) is 2. The van der Waals surface area contributed by atoms with E-state index in [1.54, 1.807) is 18.2 Å². The van der Waals surface area contributed by atoms with Crippen LogP contribution >= 0.6 is 0 Å². The number of benzene rings is 2. The molecule has 2 amide bonds. The molecule has 0 aliphatic heterocycles. The Kier molecular flexibility index (Phi) is 7.23. The first-order valence-corrected chi connectivity index (χ1v) is 8.84. The SMILES string of the molecule is COc1cc(OC)cc(C(=O)NCCC(=O)Nc2ccccc2C(C)C)c1. The summed E-state index contributed by atoms with van der Waals surface area (Å²) in [5.41, 5.74) is 2.30. The van der Waals surface area contributed by atoms with Gasteiger partial charge in [0, 0.05) is 30.3 Å². The van der Waals surface area contributed by atoms with E-state index in [9.17, 15) is 9.59 Å². The highest BCUT2D eigenvalue weighted by molar-refractivity contribution is 5.96. The second-order valence-electron chi connectivity index (χ2n) is 6.40. The van der Waals surface area contributed by atoms with Crippen LogP contribution in [0.15, 0.2) is 42.5 Å². The van der Waals surface area contributed by atoms with Gasteiger partial charge < -0.3 is 20.1 Å². The minimum atomic E-state index is -0.289. The Bertz CT molecular complexity index is 780. The Morgan fingerprint density at radius 1 is 1.00 bits per heavy atom. The summed E-state index contributed by atoms with van der Waals surface area (Å²) in [6, 6.07) is 12.7. The molecule has 0 radical (unpaired) electrons. The van der Waals surface area contributed by atoms with Gasteiger partial charge in [-0.05, 0) is 29.7 Å². The van der Waals surface area contributed by atoms with Gasteiger partial charge in [0.15, 0.2) is 0 Å². The van der Waals surface area contributed by atoms with Crippen molar-refractivity contribution in [3.8, 4) is 11.5 Å². The average molecular weight is 370 g/mol. The maximum absolute atomic E-state index is 12.3. The molecule has 0 saturated carbocycles. The highest BCUT2D eigenvalue weighted by Crippen LogP contribution is 2.24. The lowest BCUT2D eigenvalue weighted by Gasteiger charge is -2.14. The fraction of sp³-hybridized carbons (Fsp3) is 0.333. The first-order chi connectivity index (χ1) is 12.9. The van der Waals surface area contributed by atoms with Gasteiger partial charge >= 0.3 is 0 Å². The van der Waals surface area contributed by atoms with Crippen LogP contribution in [0.4, 0.5) is 5.69 Å². The summed E-state index contributed by atoms with van der Waals surface area (Å²) < 4.78 is 10.3. The molecule has 0 aromatic heterocycles. The van der Waals surface area contributed by atoms with Crippen LogP contribution in [0.1, 0.15) is 42.1 Å². The zero-order valence-corrected chi connectivity index (χ0v) is 16.2. The molecule has 144 valence electrons. The maximum Gasteiger partial charge on any atom is 0.251 e. The smallest absolute Gasteiger partial charge is 0.251 e. The van der Waals surface area contributed by atoms with Crippen molar-refractivity contribution < 1.29 is 19.1 Å². The number of amides is 2. The fourth-order valence-corrected chi connectivity index (χ4v) is 2.66. The molecule has 0 saturated heterocycles. The number of carbonyl (C=O) groups excluding carboxylic acids is 2. The summed E-state index contributed by atoms with van der Waals surface area (Å²) in [5, 5.41) is 5.66. The molecule has 0 heterocycles. The zero-order chi connectivity index (χ0) is 19.8. The lowest BCUT2D eigenvalue weighted by atomic mass is 10.0. The minimum absolute atomic E-state index is 0.147. The van der Waals surface area contributed by atoms with E-state index in [1.165, 1.54) is 14.2 Å². The van der Waals surface area contributed by atoms with E-state index in [1.807, 2.05) is 24.3 Å². The van der Waals surface area contributed by atoms with E-state index < -0.39 is 0 Å². The van der Waals surface area contributed by atoms with Crippen molar-refractivity contribution in [1.29, 1.82) is 0 Å². The van der Waals surface area contributed by atoms with Gasteiger partial charge in [-0.3, -0.25) is 9.59 Å². The van der Waals surface area contributed by atoms with Gasteiger partial charge in [-0.2, -0.15) is 0 Å². The number of carbonyl (C=O) groups is 2. The van der Waals surface area contributed by atoms with E-state index in [4.69, 9.17) is 9.47 Å². The normalized spacial score (nSPS) is 10.4. The molecule has 2 aromatic rings. The summed E-state index contributed by atoms with van der Waals surface area (Å²) in [4.78, 5) is 24.5. The van der Waals surface area contributed by atoms with Crippen molar-refractivity contribution in [2.24, 2.45) is 0 Å². The third kappa shape index (κ3) is 5.74. The number of hydrogen-bond donors (Lipinski definition) is 2. The average Bonchev–Trinajstić information content (AvgIpc) is 2.67. The molecule has 0 spiro atoms. The number of anilines is 1. The molecule has 6 nitrogen and oxygen atoms in total. The molecule has 2 aromatic carbocycles. The zero-order valence-electron chi connectivity index (χ0n) is 16.2. The molecule has 0 aliphatic carbocycles. The van der Waals surface area contributed by atoms with Gasteiger partial charge in [0.1, 0.15) is 11.5 Å². The van der Waals surface area contributed by atoms with Crippen LogP contribution < -0.4 is 20.1 Å². The summed E-state index contributed by atoms with van der Waals surface area (Å²) in [6.45, 7) is 4.38. The summed E-state index contributed by atoms with van der Waals surface area (Å²) in [6.07, 6.45) is 0.180. The van der Waals surface area contributed by atoms with Crippen LogP contribution in [0, 0.1) is 0 Å². The van der Waals surface area contributed by atoms with Crippen molar-refractivity contribution in [3.05, 3.63) is 53.6 Å². The quantitative estimate of drug-likeness (QED) is 0.745. The van der Waals surface area contributed by atoms with E-state index in [0.717, 1.165) is 11.3 Å². The summed E-state index contributed by atoms with van der Waals surface area (Å²) >= 11 is 0. The standard InChI is InChI=1S/C21H26N2O4/c1-14(2)18-7-5-6-8-19(18)23-20(24)9-10-22-21(25)15-11-16(26-3)13-17(12-15)27-4/h5-8,11-14H,9-10H2,1-4H3,(H,22,25)(H,23,24). The van der Waals surface area contributed by atoms with E-state index in [2.05, 4.69) is 24.5 Å². The van der Waals surface area contributed by atoms with Crippen LogP contribution in [-0.4, -0.2) is 32.6 Å². The number of methoxy groups -OCH3 is 2. The molecule has 6 heteroatoms. The van der Waals surface area contributed by atoms with E-state index in [-0.39, 0.29) is 24.8 Å². The Morgan fingerprint density at radius 2 is 1.63 bits per heavy atom. The molecule has 0 atom stereocenters. The largest absolute Gasteiger partial charge is 0.497 e. The Morgan fingerprint density at radius 3 is 2.22 bits per heavy atom. The Balaban J connectivity index is 1.91. The highest BCUT2D eigenvalue weighted by Gasteiger charge is 2.12. The second-order valence-corrected chi connectivity index (χ2v) is 6.40. The second kappa shape index (κ2) is 9.62. The summed E-state index contributed by atoms with van der Waals surface area (Å²) in [5.74, 6) is 0.934. The van der Waals surface area contributed by atoms with Gasteiger partial charge in [-0.25, -0.2) is 0 Å². The lowest BCUT2D eigenvalue weighted by Crippen LogP contribution is -2.27. The highest BCUT2D eigenvalue weighted by atomic mass is 16.5. The van der Waals surface area contributed by atoms with E-state index in [0.29, 0.717) is 23.0 Å². The number of hydrogen-bond acceptors (Lipinski definition) is 4. The third-order valence-electron chi connectivity index (χ3n) is 4.11. The van der Waals surface area contributed by atoms with Gasteiger partial charge in [0.2, 0.25) is 5.91 Å². The Labute approximate surface area is 159 Å². The minimum Gasteiger partial charge on any atom is -0.497 e. The lowest BCUT2D eigenvalue weighted by molar-refractivity contribution is -0.116. The molecular weight excluding hydrogens is 344 g/mol. The molecule has 0 fully saturated rings. The first-order valence-electron chi connectivity index (χ1n) is 8.84. The monoisotopic (exact) mass is 370 g/mol. The molecule has 27 heavy (non-hydrogen) atoms. The number of para-hydroxylation sites is 1. The first kappa shape index (κ1) is 20.3. The van der Waals surface area contributed by atoms with Crippen LogP contribution in [0.25, 0.3) is 0 Å². The summed E-state index contributed by atoms with van der Waals surface area (Å²) in [7, 11) is 3.05.